The van der Waals surface area contributed by atoms with Gasteiger partial charge < -0.3 is 15.8 Å². The Morgan fingerprint density at radius 1 is 1.29 bits per heavy atom. The SMILES string of the molecule is CC(C)(C)OC(=O)NC1(CC2(N)CC2)CCC1. The molecule has 0 spiro atoms. The molecule has 0 heterocycles. The number of nitrogens with one attached hydrogen (secondary N) is 1. The van der Waals surface area contributed by atoms with Gasteiger partial charge in [-0.1, -0.05) is 0 Å². The highest BCUT2D eigenvalue weighted by molar-refractivity contribution is 5.69. The van der Waals surface area contributed by atoms with Gasteiger partial charge in [0.1, 0.15) is 5.60 Å². The summed E-state index contributed by atoms with van der Waals surface area (Å²) in [5, 5.41) is 3.04. The van der Waals surface area contributed by atoms with E-state index in [1.807, 2.05) is 20.8 Å². The van der Waals surface area contributed by atoms with Crippen molar-refractivity contribution in [3.8, 4) is 0 Å². The molecule has 0 aromatic rings. The smallest absolute Gasteiger partial charge is 0.408 e. The first-order chi connectivity index (χ1) is 7.72. The Morgan fingerprint density at radius 2 is 1.88 bits per heavy atom. The highest BCUT2D eigenvalue weighted by Crippen LogP contribution is 2.46. The Morgan fingerprint density at radius 3 is 2.24 bits per heavy atom. The largest absolute Gasteiger partial charge is 0.444 e. The molecule has 4 nitrogen and oxygen atoms in total. The Labute approximate surface area is 103 Å². The number of hydrogen-bond donors (Lipinski definition) is 2. The van der Waals surface area contributed by atoms with E-state index in [2.05, 4.69) is 5.32 Å². The molecule has 1 amide bonds. The van der Waals surface area contributed by atoms with Crippen LogP contribution in [0.15, 0.2) is 0 Å². The second kappa shape index (κ2) is 3.87. The lowest BCUT2D eigenvalue weighted by atomic mass is 9.72. The predicted octanol–water partition coefficient (Wildman–Crippen LogP) is 2.32. The summed E-state index contributed by atoms with van der Waals surface area (Å²) in [6, 6.07) is 0. The van der Waals surface area contributed by atoms with Crippen molar-refractivity contribution < 1.29 is 9.53 Å². The van der Waals surface area contributed by atoms with E-state index in [0.717, 1.165) is 32.1 Å². The first-order valence-electron chi connectivity index (χ1n) is 6.52. The fourth-order valence-corrected chi connectivity index (χ4v) is 2.48. The minimum Gasteiger partial charge on any atom is -0.444 e. The average molecular weight is 240 g/mol. The van der Waals surface area contributed by atoms with E-state index in [1.165, 1.54) is 6.42 Å². The summed E-state index contributed by atoms with van der Waals surface area (Å²) in [5.74, 6) is 0. The fourth-order valence-electron chi connectivity index (χ4n) is 2.48. The Hall–Kier alpha value is -0.770. The van der Waals surface area contributed by atoms with Crippen molar-refractivity contribution in [2.24, 2.45) is 5.73 Å². The van der Waals surface area contributed by atoms with E-state index in [0.29, 0.717) is 0 Å². The number of nitrogens with two attached hydrogens (primary N) is 1. The molecule has 98 valence electrons. The molecule has 2 aliphatic carbocycles. The van der Waals surface area contributed by atoms with Crippen LogP contribution in [0.4, 0.5) is 4.79 Å². The van der Waals surface area contributed by atoms with Gasteiger partial charge in [-0.2, -0.15) is 0 Å². The molecule has 2 saturated carbocycles. The van der Waals surface area contributed by atoms with Crippen molar-refractivity contribution in [3.63, 3.8) is 0 Å². The molecule has 4 heteroatoms. The van der Waals surface area contributed by atoms with Crippen LogP contribution in [0.25, 0.3) is 0 Å². The number of hydrogen-bond acceptors (Lipinski definition) is 3. The zero-order valence-electron chi connectivity index (χ0n) is 11.1. The maximum Gasteiger partial charge on any atom is 0.408 e. The van der Waals surface area contributed by atoms with Crippen LogP contribution in [0, 0.1) is 0 Å². The zero-order valence-corrected chi connectivity index (χ0v) is 11.1. The molecular weight excluding hydrogens is 216 g/mol. The molecule has 0 saturated heterocycles. The molecule has 2 aliphatic rings. The second-order valence-electron chi connectivity index (χ2n) is 6.80. The molecule has 0 radical (unpaired) electrons. The van der Waals surface area contributed by atoms with Crippen molar-refractivity contribution in [2.45, 2.75) is 76.0 Å². The lowest BCUT2D eigenvalue weighted by Crippen LogP contribution is -2.57. The van der Waals surface area contributed by atoms with Crippen LogP contribution in [-0.4, -0.2) is 22.8 Å². The molecule has 17 heavy (non-hydrogen) atoms. The molecule has 0 aromatic carbocycles. The quantitative estimate of drug-likeness (QED) is 0.795. The van der Waals surface area contributed by atoms with Crippen molar-refractivity contribution in [2.75, 3.05) is 0 Å². The Balaban J connectivity index is 1.88. The van der Waals surface area contributed by atoms with Crippen LogP contribution in [0.2, 0.25) is 0 Å². The standard InChI is InChI=1S/C13H24N2O2/c1-11(2,3)17-10(16)15-13(5-4-6-13)9-12(14)7-8-12/h4-9,14H2,1-3H3,(H,15,16). The number of alkyl carbamates (subject to hydrolysis) is 1. The van der Waals surface area contributed by atoms with Gasteiger partial charge in [-0.05, 0) is 59.3 Å². The second-order valence-corrected chi connectivity index (χ2v) is 6.80. The van der Waals surface area contributed by atoms with Crippen LogP contribution in [0.5, 0.6) is 0 Å². The Kier molecular flexibility index (Phi) is 2.89. The van der Waals surface area contributed by atoms with Gasteiger partial charge in [-0.25, -0.2) is 4.79 Å². The summed E-state index contributed by atoms with van der Waals surface area (Å²) in [4.78, 5) is 11.8. The highest BCUT2D eigenvalue weighted by Gasteiger charge is 2.49. The van der Waals surface area contributed by atoms with Crippen LogP contribution in [0.1, 0.15) is 59.3 Å². The third kappa shape index (κ3) is 3.35. The van der Waals surface area contributed by atoms with Crippen LogP contribution < -0.4 is 11.1 Å². The number of carbonyl (C=O) groups excluding carboxylic acids is 1. The number of ether oxygens (including phenoxy) is 1. The number of amides is 1. The van der Waals surface area contributed by atoms with E-state index in [-0.39, 0.29) is 17.2 Å². The molecule has 0 bridgehead atoms. The summed E-state index contributed by atoms with van der Waals surface area (Å²) in [7, 11) is 0. The summed E-state index contributed by atoms with van der Waals surface area (Å²) in [5.41, 5.74) is 5.61. The van der Waals surface area contributed by atoms with Crippen LogP contribution >= 0.6 is 0 Å². The average Bonchev–Trinajstić information content (AvgIpc) is 2.76. The maximum atomic E-state index is 11.8. The Bertz CT molecular complexity index is 312. The maximum absolute atomic E-state index is 11.8. The highest BCUT2D eigenvalue weighted by atomic mass is 16.6. The zero-order chi connectivity index (χ0) is 12.7. The van der Waals surface area contributed by atoms with Gasteiger partial charge in [0.25, 0.3) is 0 Å². The van der Waals surface area contributed by atoms with E-state index in [4.69, 9.17) is 10.5 Å². The van der Waals surface area contributed by atoms with Gasteiger partial charge in [0, 0.05) is 11.1 Å². The van der Waals surface area contributed by atoms with Crippen molar-refractivity contribution in [3.05, 3.63) is 0 Å². The third-order valence-electron chi connectivity index (χ3n) is 3.66. The molecule has 3 N–H and O–H groups in total. The van der Waals surface area contributed by atoms with E-state index < -0.39 is 5.60 Å². The number of rotatable bonds is 3. The lowest BCUT2D eigenvalue weighted by Gasteiger charge is -2.44. The normalized spacial score (nSPS) is 24.7. The molecule has 0 unspecified atom stereocenters. The monoisotopic (exact) mass is 240 g/mol. The minimum atomic E-state index is -0.436. The van der Waals surface area contributed by atoms with Gasteiger partial charge in [0.15, 0.2) is 0 Å². The summed E-state index contributed by atoms with van der Waals surface area (Å²) in [6.45, 7) is 5.64. The minimum absolute atomic E-state index is 0.0184. The fraction of sp³-hybridized carbons (Fsp3) is 0.923. The van der Waals surface area contributed by atoms with Gasteiger partial charge in [-0.15, -0.1) is 0 Å². The van der Waals surface area contributed by atoms with E-state index >= 15 is 0 Å². The van der Waals surface area contributed by atoms with Gasteiger partial charge in [-0.3, -0.25) is 0 Å². The molecule has 0 atom stereocenters. The van der Waals surface area contributed by atoms with Gasteiger partial charge in [0.05, 0.1) is 0 Å². The van der Waals surface area contributed by atoms with Crippen molar-refractivity contribution in [1.82, 2.24) is 5.32 Å². The molecule has 0 aromatic heterocycles. The predicted molar refractivity (Wildman–Crippen MR) is 66.7 cm³/mol. The summed E-state index contributed by atoms with van der Waals surface area (Å²) in [6.07, 6.45) is 6.01. The summed E-state index contributed by atoms with van der Waals surface area (Å²) >= 11 is 0. The van der Waals surface area contributed by atoms with Crippen molar-refractivity contribution >= 4 is 6.09 Å². The first-order valence-corrected chi connectivity index (χ1v) is 6.52. The van der Waals surface area contributed by atoms with E-state index in [1.54, 1.807) is 0 Å². The van der Waals surface area contributed by atoms with Gasteiger partial charge >= 0.3 is 6.09 Å². The molecule has 2 fully saturated rings. The van der Waals surface area contributed by atoms with Crippen LogP contribution in [0.3, 0.4) is 0 Å². The molecular formula is C13H24N2O2. The van der Waals surface area contributed by atoms with E-state index in [9.17, 15) is 4.79 Å². The third-order valence-corrected chi connectivity index (χ3v) is 3.66. The number of carbonyl (C=O) groups is 1. The topological polar surface area (TPSA) is 64.3 Å². The lowest BCUT2D eigenvalue weighted by molar-refractivity contribution is 0.0357. The first kappa shape index (κ1) is 12.7. The van der Waals surface area contributed by atoms with Crippen LogP contribution in [-0.2, 0) is 4.74 Å². The van der Waals surface area contributed by atoms with Gasteiger partial charge in [0.2, 0.25) is 0 Å². The summed E-state index contributed by atoms with van der Waals surface area (Å²) < 4.78 is 5.31. The van der Waals surface area contributed by atoms with Crippen molar-refractivity contribution in [1.29, 1.82) is 0 Å². The molecule has 0 aliphatic heterocycles. The molecule has 2 rings (SSSR count).